The lowest BCUT2D eigenvalue weighted by Crippen LogP contribution is -2.54. The van der Waals surface area contributed by atoms with Gasteiger partial charge in [-0.1, -0.05) is 42.5 Å². The van der Waals surface area contributed by atoms with Crippen LogP contribution >= 0.6 is 12.2 Å². The molecular formula is C21H13FN2O2S. The number of amides is 2. The highest BCUT2D eigenvalue weighted by atomic mass is 32.1. The van der Waals surface area contributed by atoms with Crippen molar-refractivity contribution in [1.29, 1.82) is 0 Å². The molecule has 1 aliphatic heterocycles. The number of rotatable bonds is 2. The Hall–Kier alpha value is -3.38. The molecule has 27 heavy (non-hydrogen) atoms. The molecule has 0 spiro atoms. The van der Waals surface area contributed by atoms with Crippen LogP contribution < -0.4 is 10.2 Å². The van der Waals surface area contributed by atoms with Crippen LogP contribution in [0.25, 0.3) is 16.8 Å². The smallest absolute Gasteiger partial charge is 0.270 e. The molecule has 0 unspecified atom stereocenters. The Morgan fingerprint density at radius 1 is 0.926 bits per heavy atom. The topological polar surface area (TPSA) is 49.4 Å². The predicted octanol–water partition coefficient (Wildman–Crippen LogP) is 3.81. The normalized spacial score (nSPS) is 16.1. The van der Waals surface area contributed by atoms with E-state index in [-0.39, 0.29) is 10.7 Å². The maximum absolute atomic E-state index is 13.2. The molecule has 4 nitrogen and oxygen atoms in total. The molecule has 1 aliphatic rings. The molecule has 0 atom stereocenters. The molecule has 1 N–H and O–H groups in total. The van der Waals surface area contributed by atoms with Crippen molar-refractivity contribution >= 4 is 51.7 Å². The molecule has 132 valence electrons. The van der Waals surface area contributed by atoms with Crippen LogP contribution in [0.4, 0.5) is 10.1 Å². The van der Waals surface area contributed by atoms with Crippen LogP contribution in [-0.4, -0.2) is 16.9 Å². The number of fused-ring (bicyclic) bond motifs is 1. The molecule has 1 fully saturated rings. The van der Waals surface area contributed by atoms with Crippen LogP contribution in [0, 0.1) is 5.82 Å². The molecule has 0 saturated carbocycles. The van der Waals surface area contributed by atoms with E-state index in [1.165, 1.54) is 29.2 Å². The molecule has 0 aliphatic carbocycles. The Kier molecular flexibility index (Phi) is 4.25. The van der Waals surface area contributed by atoms with E-state index in [1.54, 1.807) is 6.08 Å². The quantitative estimate of drug-likeness (QED) is 0.420. The van der Waals surface area contributed by atoms with Crippen molar-refractivity contribution in [1.82, 2.24) is 5.32 Å². The maximum atomic E-state index is 13.2. The Bertz CT molecular complexity index is 1120. The summed E-state index contributed by atoms with van der Waals surface area (Å²) in [6.07, 6.45) is 1.55. The van der Waals surface area contributed by atoms with Crippen LogP contribution in [0.3, 0.4) is 0 Å². The molecule has 0 bridgehead atoms. The predicted molar refractivity (Wildman–Crippen MR) is 107 cm³/mol. The maximum Gasteiger partial charge on any atom is 0.270 e. The number of nitrogens with one attached hydrogen (secondary N) is 1. The summed E-state index contributed by atoms with van der Waals surface area (Å²) < 4.78 is 13.2. The summed E-state index contributed by atoms with van der Waals surface area (Å²) in [4.78, 5) is 26.6. The number of benzene rings is 3. The zero-order valence-electron chi connectivity index (χ0n) is 14.0. The zero-order valence-corrected chi connectivity index (χ0v) is 14.8. The summed E-state index contributed by atoms with van der Waals surface area (Å²) in [6, 6.07) is 18.7. The first-order valence-electron chi connectivity index (χ1n) is 8.19. The van der Waals surface area contributed by atoms with E-state index in [0.717, 1.165) is 16.3 Å². The van der Waals surface area contributed by atoms with E-state index in [0.29, 0.717) is 5.69 Å². The summed E-state index contributed by atoms with van der Waals surface area (Å²) >= 11 is 5.14. The molecule has 3 aromatic rings. The lowest BCUT2D eigenvalue weighted by molar-refractivity contribution is -0.122. The largest absolute Gasteiger partial charge is 0.298 e. The Balaban J connectivity index is 1.80. The van der Waals surface area contributed by atoms with Gasteiger partial charge in [0.05, 0.1) is 5.69 Å². The van der Waals surface area contributed by atoms with Crippen molar-refractivity contribution in [2.45, 2.75) is 0 Å². The monoisotopic (exact) mass is 376 g/mol. The summed E-state index contributed by atoms with van der Waals surface area (Å²) in [5.41, 5.74) is 1.10. The van der Waals surface area contributed by atoms with E-state index in [2.05, 4.69) is 5.32 Å². The fourth-order valence-electron chi connectivity index (χ4n) is 3.01. The Labute approximate surface area is 159 Å². The van der Waals surface area contributed by atoms with Gasteiger partial charge in [-0.25, -0.2) is 4.39 Å². The summed E-state index contributed by atoms with van der Waals surface area (Å²) in [7, 11) is 0. The minimum absolute atomic E-state index is 0.0355. The molecule has 0 radical (unpaired) electrons. The second-order valence-electron chi connectivity index (χ2n) is 6.00. The van der Waals surface area contributed by atoms with Gasteiger partial charge < -0.3 is 0 Å². The third-order valence-electron chi connectivity index (χ3n) is 4.31. The number of carbonyl (C=O) groups excluding carboxylic acids is 2. The van der Waals surface area contributed by atoms with Crippen LogP contribution in [0.1, 0.15) is 5.56 Å². The first-order valence-corrected chi connectivity index (χ1v) is 8.60. The summed E-state index contributed by atoms with van der Waals surface area (Å²) in [6.45, 7) is 0. The van der Waals surface area contributed by atoms with Crippen molar-refractivity contribution < 1.29 is 14.0 Å². The molecular weight excluding hydrogens is 363 g/mol. The Morgan fingerprint density at radius 3 is 2.41 bits per heavy atom. The minimum Gasteiger partial charge on any atom is -0.298 e. The lowest BCUT2D eigenvalue weighted by atomic mass is 10.0. The molecule has 2 amide bonds. The average molecular weight is 376 g/mol. The highest BCUT2D eigenvalue weighted by molar-refractivity contribution is 7.80. The highest BCUT2D eigenvalue weighted by Gasteiger charge is 2.34. The first kappa shape index (κ1) is 17.1. The second kappa shape index (κ2) is 6.74. The first-order chi connectivity index (χ1) is 13.0. The van der Waals surface area contributed by atoms with Crippen molar-refractivity contribution in [3.63, 3.8) is 0 Å². The number of hydrogen-bond acceptors (Lipinski definition) is 3. The van der Waals surface area contributed by atoms with Gasteiger partial charge in [-0.05, 0) is 58.9 Å². The van der Waals surface area contributed by atoms with Gasteiger partial charge in [-0.3, -0.25) is 19.8 Å². The van der Waals surface area contributed by atoms with Gasteiger partial charge in [-0.15, -0.1) is 0 Å². The van der Waals surface area contributed by atoms with Gasteiger partial charge in [0.2, 0.25) is 0 Å². The number of carbonyl (C=O) groups is 2. The van der Waals surface area contributed by atoms with Crippen LogP contribution in [0.2, 0.25) is 0 Å². The van der Waals surface area contributed by atoms with E-state index < -0.39 is 17.6 Å². The van der Waals surface area contributed by atoms with Crippen LogP contribution in [0.15, 0.2) is 72.3 Å². The third kappa shape index (κ3) is 3.11. The number of anilines is 1. The molecule has 0 aromatic heterocycles. The van der Waals surface area contributed by atoms with E-state index in [1.807, 2.05) is 42.5 Å². The number of hydrogen-bond donors (Lipinski definition) is 1. The lowest BCUT2D eigenvalue weighted by Gasteiger charge is -2.29. The van der Waals surface area contributed by atoms with E-state index in [9.17, 15) is 14.0 Å². The van der Waals surface area contributed by atoms with Gasteiger partial charge in [0.1, 0.15) is 11.4 Å². The van der Waals surface area contributed by atoms with Crippen LogP contribution in [0.5, 0.6) is 0 Å². The van der Waals surface area contributed by atoms with Crippen molar-refractivity contribution in [3.05, 3.63) is 83.7 Å². The fraction of sp³-hybridized carbons (Fsp3) is 0. The van der Waals surface area contributed by atoms with Crippen molar-refractivity contribution in [2.75, 3.05) is 4.90 Å². The molecule has 1 heterocycles. The number of thiocarbonyl (C=S) groups is 1. The van der Waals surface area contributed by atoms with Gasteiger partial charge in [0, 0.05) is 0 Å². The molecule has 3 aromatic carbocycles. The van der Waals surface area contributed by atoms with Gasteiger partial charge >= 0.3 is 0 Å². The second-order valence-corrected chi connectivity index (χ2v) is 6.39. The minimum atomic E-state index is -0.559. The summed E-state index contributed by atoms with van der Waals surface area (Å²) in [5, 5.41) is 4.42. The molecule has 6 heteroatoms. The summed E-state index contributed by atoms with van der Waals surface area (Å²) in [5.74, 6) is -1.54. The average Bonchev–Trinajstić information content (AvgIpc) is 2.66. The zero-order chi connectivity index (χ0) is 19.0. The molecule has 1 saturated heterocycles. The van der Waals surface area contributed by atoms with Gasteiger partial charge in [0.15, 0.2) is 5.11 Å². The van der Waals surface area contributed by atoms with Crippen LogP contribution in [-0.2, 0) is 9.59 Å². The number of halogens is 1. The number of nitrogens with zero attached hydrogens (tertiary/aromatic N) is 1. The van der Waals surface area contributed by atoms with Gasteiger partial charge in [0.25, 0.3) is 11.8 Å². The van der Waals surface area contributed by atoms with Crippen molar-refractivity contribution in [2.24, 2.45) is 0 Å². The SMILES string of the molecule is O=C1NC(=S)N(c2ccc(F)cc2)C(=O)/C1=C\c1cccc2ccccc12. The fourth-order valence-corrected chi connectivity index (χ4v) is 3.29. The van der Waals surface area contributed by atoms with Gasteiger partial charge in [-0.2, -0.15) is 0 Å². The van der Waals surface area contributed by atoms with E-state index >= 15 is 0 Å². The highest BCUT2D eigenvalue weighted by Crippen LogP contribution is 2.25. The third-order valence-corrected chi connectivity index (χ3v) is 4.59. The molecule has 4 rings (SSSR count). The van der Waals surface area contributed by atoms with Crippen molar-refractivity contribution in [3.8, 4) is 0 Å². The Morgan fingerprint density at radius 2 is 1.63 bits per heavy atom. The van der Waals surface area contributed by atoms with E-state index in [4.69, 9.17) is 12.2 Å². The standard InChI is InChI=1S/C21H13FN2O2S/c22-15-8-10-16(11-9-15)24-20(26)18(19(25)23-21(24)27)12-14-6-3-5-13-4-1-2-7-17(13)14/h1-12H,(H,23,25,27)/b18-12-.